The Hall–Kier alpha value is -4.53. The topological polar surface area (TPSA) is 130 Å². The Morgan fingerprint density at radius 2 is 2.13 bits per heavy atom. The molecule has 0 fully saturated rings. The molecular weight excluding hydrogens is 523 g/mol. The first-order valence-electron chi connectivity index (χ1n) is 12.2. The highest BCUT2D eigenvalue weighted by atomic mass is 35.5. The van der Waals surface area contributed by atoms with E-state index in [1.165, 1.54) is 30.5 Å². The molecule has 0 saturated heterocycles. The van der Waals surface area contributed by atoms with E-state index >= 15 is 0 Å². The van der Waals surface area contributed by atoms with Crippen LogP contribution in [-0.4, -0.2) is 39.0 Å². The summed E-state index contributed by atoms with van der Waals surface area (Å²) in [6.07, 6.45) is 6.40. The van der Waals surface area contributed by atoms with Crippen molar-refractivity contribution < 1.29 is 13.9 Å². The second-order valence-electron chi connectivity index (χ2n) is 8.30. The number of hydrogen-bond donors (Lipinski definition) is 3. The maximum absolute atomic E-state index is 13.7. The third-order valence-corrected chi connectivity index (χ3v) is 5.87. The van der Waals surface area contributed by atoms with Crippen molar-refractivity contribution >= 4 is 45.5 Å². The molecule has 0 saturated carbocycles. The molecule has 0 bridgehead atoms. The van der Waals surface area contributed by atoms with Crippen LogP contribution in [0.15, 0.2) is 54.9 Å². The average Bonchev–Trinajstić information content (AvgIpc) is 3.39. The van der Waals surface area contributed by atoms with Gasteiger partial charge in [0.2, 0.25) is 5.91 Å². The van der Waals surface area contributed by atoms with Crippen molar-refractivity contribution in [2.75, 3.05) is 23.8 Å². The number of halogens is 2. The van der Waals surface area contributed by atoms with Gasteiger partial charge in [-0.3, -0.25) is 14.5 Å². The number of anilines is 3. The zero-order valence-corrected chi connectivity index (χ0v) is 22.1. The normalized spacial score (nSPS) is 11.1. The molecule has 4 rings (SSSR count). The molecule has 2 heterocycles. The quantitative estimate of drug-likeness (QED) is 0.177. The SMILES string of the molecule is CCOc1cc2ncc(C#N)c(Nc3ccc(F)c(Cl)c3)c2cc1NC(=O)C=CCNCc1cn(CC)nn1. The number of rotatable bonds is 11. The number of fused-ring (bicyclic) bond motifs is 1. The van der Waals surface area contributed by atoms with E-state index in [2.05, 4.69) is 37.3 Å². The molecule has 3 N–H and O–H groups in total. The number of ether oxygens (including phenoxy) is 1. The van der Waals surface area contributed by atoms with Crippen molar-refractivity contribution in [3.8, 4) is 11.8 Å². The number of nitrogens with zero attached hydrogens (tertiary/aromatic N) is 5. The van der Waals surface area contributed by atoms with Crippen LogP contribution >= 0.6 is 11.6 Å². The van der Waals surface area contributed by atoms with Crippen LogP contribution in [0.3, 0.4) is 0 Å². The average molecular weight is 549 g/mol. The van der Waals surface area contributed by atoms with Crippen LogP contribution in [0.2, 0.25) is 5.02 Å². The fraction of sp³-hybridized carbons (Fsp3) is 0.222. The summed E-state index contributed by atoms with van der Waals surface area (Å²) in [5, 5.41) is 27.4. The predicted octanol–water partition coefficient (Wildman–Crippen LogP) is 4.94. The van der Waals surface area contributed by atoms with E-state index in [-0.39, 0.29) is 16.5 Å². The van der Waals surface area contributed by atoms with Gasteiger partial charge in [0.15, 0.2) is 0 Å². The number of carbonyl (C=O) groups excluding carboxylic acids is 1. The van der Waals surface area contributed by atoms with E-state index in [0.717, 1.165) is 12.2 Å². The lowest BCUT2D eigenvalue weighted by atomic mass is 10.1. The minimum Gasteiger partial charge on any atom is -0.492 e. The van der Waals surface area contributed by atoms with Crippen LogP contribution in [0, 0.1) is 17.1 Å². The number of carbonyl (C=O) groups is 1. The molecule has 2 aromatic carbocycles. The number of hydrogen-bond acceptors (Lipinski definition) is 8. The van der Waals surface area contributed by atoms with E-state index in [0.29, 0.717) is 53.4 Å². The predicted molar refractivity (Wildman–Crippen MR) is 147 cm³/mol. The third-order valence-electron chi connectivity index (χ3n) is 5.58. The van der Waals surface area contributed by atoms with Gasteiger partial charge in [0.1, 0.15) is 17.6 Å². The Bertz CT molecular complexity index is 1560. The lowest BCUT2D eigenvalue weighted by Crippen LogP contribution is -2.15. The smallest absolute Gasteiger partial charge is 0.248 e. The molecular formula is C27H26ClFN8O2. The van der Waals surface area contributed by atoms with E-state index in [1.54, 1.807) is 22.9 Å². The number of benzene rings is 2. The fourth-order valence-corrected chi connectivity index (χ4v) is 3.91. The number of aromatic nitrogens is 4. The van der Waals surface area contributed by atoms with Gasteiger partial charge in [-0.05, 0) is 38.1 Å². The van der Waals surface area contributed by atoms with Crippen molar-refractivity contribution in [3.63, 3.8) is 0 Å². The highest BCUT2D eigenvalue weighted by Gasteiger charge is 2.15. The number of aryl methyl sites for hydroxylation is 1. The molecule has 0 aliphatic rings. The molecule has 10 nitrogen and oxygen atoms in total. The summed E-state index contributed by atoms with van der Waals surface area (Å²) in [6, 6.07) is 9.65. The van der Waals surface area contributed by atoms with Crippen LogP contribution in [0.1, 0.15) is 25.1 Å². The number of amides is 1. The maximum Gasteiger partial charge on any atom is 0.248 e. The second-order valence-corrected chi connectivity index (χ2v) is 8.71. The van der Waals surface area contributed by atoms with Crippen molar-refractivity contribution in [3.05, 3.63) is 77.0 Å². The Kier molecular flexibility index (Phi) is 9.04. The number of nitriles is 1. The number of pyridine rings is 1. The highest BCUT2D eigenvalue weighted by molar-refractivity contribution is 6.31. The van der Waals surface area contributed by atoms with Crippen molar-refractivity contribution in [1.29, 1.82) is 5.26 Å². The summed E-state index contributed by atoms with van der Waals surface area (Å²) in [7, 11) is 0. The standard InChI is InChI=1S/C27H26ClFN8O2/c1-3-37-16-19(35-36-37)15-31-9-5-6-26(38)34-24-11-20-23(12-25(24)39-4-2)32-14-17(13-30)27(20)33-18-7-8-22(29)21(28)10-18/h5-8,10-12,14,16,31H,3-4,9,15H2,1-2H3,(H,32,33)(H,34,38). The second kappa shape index (κ2) is 12.8. The van der Waals surface area contributed by atoms with Gasteiger partial charge < -0.3 is 20.7 Å². The molecule has 0 radical (unpaired) electrons. The lowest BCUT2D eigenvalue weighted by Gasteiger charge is -2.16. The molecule has 39 heavy (non-hydrogen) atoms. The fourth-order valence-electron chi connectivity index (χ4n) is 3.73. The van der Waals surface area contributed by atoms with Crippen molar-refractivity contribution in [2.45, 2.75) is 26.9 Å². The van der Waals surface area contributed by atoms with Crippen LogP contribution in [0.4, 0.5) is 21.5 Å². The summed E-state index contributed by atoms with van der Waals surface area (Å²) in [5.74, 6) is -0.490. The monoisotopic (exact) mass is 548 g/mol. The molecule has 12 heteroatoms. The first-order valence-corrected chi connectivity index (χ1v) is 12.6. The van der Waals surface area contributed by atoms with Gasteiger partial charge in [0, 0.05) is 55.2 Å². The maximum atomic E-state index is 13.7. The van der Waals surface area contributed by atoms with Gasteiger partial charge in [-0.25, -0.2) is 4.39 Å². The van der Waals surface area contributed by atoms with Gasteiger partial charge in [-0.2, -0.15) is 5.26 Å². The minimum atomic E-state index is -0.554. The highest BCUT2D eigenvalue weighted by Crippen LogP contribution is 2.36. The van der Waals surface area contributed by atoms with E-state index in [9.17, 15) is 14.4 Å². The Morgan fingerprint density at radius 3 is 2.85 bits per heavy atom. The van der Waals surface area contributed by atoms with Crippen molar-refractivity contribution in [1.82, 2.24) is 25.3 Å². The van der Waals surface area contributed by atoms with Crippen LogP contribution in [-0.2, 0) is 17.9 Å². The lowest BCUT2D eigenvalue weighted by molar-refractivity contribution is -0.111. The van der Waals surface area contributed by atoms with E-state index < -0.39 is 5.82 Å². The summed E-state index contributed by atoms with van der Waals surface area (Å²) in [4.78, 5) is 17.1. The van der Waals surface area contributed by atoms with Gasteiger partial charge in [0.25, 0.3) is 0 Å². The summed E-state index contributed by atoms with van der Waals surface area (Å²) >= 11 is 5.94. The molecule has 0 unspecified atom stereocenters. The molecule has 0 atom stereocenters. The van der Waals surface area contributed by atoms with Gasteiger partial charge in [-0.15, -0.1) is 5.10 Å². The van der Waals surface area contributed by atoms with Crippen LogP contribution in [0.25, 0.3) is 10.9 Å². The summed E-state index contributed by atoms with van der Waals surface area (Å²) in [6.45, 7) is 5.90. The Labute approximate surface area is 229 Å². The molecule has 4 aromatic rings. The first-order chi connectivity index (χ1) is 18.9. The van der Waals surface area contributed by atoms with Gasteiger partial charge in [-0.1, -0.05) is 22.9 Å². The zero-order valence-electron chi connectivity index (χ0n) is 21.3. The van der Waals surface area contributed by atoms with Crippen LogP contribution in [0.5, 0.6) is 5.75 Å². The molecule has 1 amide bonds. The van der Waals surface area contributed by atoms with Crippen LogP contribution < -0.4 is 20.7 Å². The van der Waals surface area contributed by atoms with Crippen molar-refractivity contribution in [2.24, 2.45) is 0 Å². The third kappa shape index (κ3) is 6.87. The molecule has 0 aliphatic heterocycles. The Balaban J connectivity index is 1.55. The first kappa shape index (κ1) is 27.5. The van der Waals surface area contributed by atoms with Gasteiger partial charge in [0.05, 0.1) is 39.8 Å². The minimum absolute atomic E-state index is 0.0583. The molecule has 2 aromatic heterocycles. The van der Waals surface area contributed by atoms with E-state index in [4.69, 9.17) is 16.3 Å². The molecule has 200 valence electrons. The zero-order chi connectivity index (χ0) is 27.8. The van der Waals surface area contributed by atoms with E-state index in [1.807, 2.05) is 20.0 Å². The molecule has 0 aliphatic carbocycles. The summed E-state index contributed by atoms with van der Waals surface area (Å²) in [5.41, 5.74) is 2.92. The Morgan fingerprint density at radius 1 is 1.28 bits per heavy atom. The molecule has 0 spiro atoms. The van der Waals surface area contributed by atoms with Gasteiger partial charge >= 0.3 is 0 Å². The largest absolute Gasteiger partial charge is 0.492 e. The summed E-state index contributed by atoms with van der Waals surface area (Å²) < 4.78 is 21.1. The number of nitrogens with one attached hydrogen (secondary N) is 3.